The molecule has 1 aliphatic heterocycles. The molecule has 1 unspecified atom stereocenters. The molecule has 0 aromatic heterocycles. The second-order valence-electron chi connectivity index (χ2n) is 4.58. The highest BCUT2D eigenvalue weighted by molar-refractivity contribution is 5.51. The van der Waals surface area contributed by atoms with Gasteiger partial charge in [-0.05, 0) is 18.1 Å². The van der Waals surface area contributed by atoms with E-state index >= 15 is 0 Å². The Morgan fingerprint density at radius 3 is 2.26 bits per heavy atom. The molecule has 5 nitrogen and oxygen atoms in total. The second kappa shape index (κ2) is 6.63. The molecule has 0 bridgehead atoms. The van der Waals surface area contributed by atoms with E-state index in [-0.39, 0.29) is 0 Å². The van der Waals surface area contributed by atoms with E-state index in [1.54, 1.807) is 21.3 Å². The van der Waals surface area contributed by atoms with Crippen molar-refractivity contribution in [1.82, 2.24) is 10.6 Å². The van der Waals surface area contributed by atoms with Gasteiger partial charge in [0.2, 0.25) is 0 Å². The van der Waals surface area contributed by atoms with Crippen molar-refractivity contribution < 1.29 is 14.2 Å². The topological polar surface area (TPSA) is 51.8 Å². The van der Waals surface area contributed by atoms with Gasteiger partial charge in [-0.1, -0.05) is 0 Å². The fourth-order valence-electron chi connectivity index (χ4n) is 2.37. The monoisotopic (exact) mass is 266 g/mol. The van der Waals surface area contributed by atoms with Crippen LogP contribution in [0.5, 0.6) is 17.2 Å². The molecular weight excluding hydrogens is 244 g/mol. The van der Waals surface area contributed by atoms with E-state index in [1.165, 1.54) is 0 Å². The largest absolute Gasteiger partial charge is 0.496 e. The summed E-state index contributed by atoms with van der Waals surface area (Å²) in [5, 5.41) is 6.88. The van der Waals surface area contributed by atoms with Crippen LogP contribution >= 0.6 is 0 Å². The predicted molar refractivity (Wildman–Crippen MR) is 74.5 cm³/mol. The minimum absolute atomic E-state index is 0.417. The van der Waals surface area contributed by atoms with Gasteiger partial charge in [0.15, 0.2) is 11.5 Å². The smallest absolute Gasteiger partial charge is 0.164 e. The van der Waals surface area contributed by atoms with E-state index < -0.39 is 0 Å². The van der Waals surface area contributed by atoms with Crippen molar-refractivity contribution in [2.45, 2.75) is 12.5 Å². The van der Waals surface area contributed by atoms with Crippen LogP contribution in [0.3, 0.4) is 0 Å². The van der Waals surface area contributed by atoms with Crippen LogP contribution in [0.4, 0.5) is 0 Å². The molecule has 1 aliphatic rings. The van der Waals surface area contributed by atoms with E-state index in [0.717, 1.165) is 43.1 Å². The van der Waals surface area contributed by atoms with Crippen molar-refractivity contribution >= 4 is 0 Å². The van der Waals surface area contributed by atoms with Gasteiger partial charge < -0.3 is 24.8 Å². The van der Waals surface area contributed by atoms with Crippen LogP contribution in [0, 0.1) is 0 Å². The highest BCUT2D eigenvalue weighted by Crippen LogP contribution is 2.35. The summed E-state index contributed by atoms with van der Waals surface area (Å²) in [4.78, 5) is 0. The summed E-state index contributed by atoms with van der Waals surface area (Å²) in [6.07, 6.45) is 0.899. The van der Waals surface area contributed by atoms with E-state index in [4.69, 9.17) is 14.2 Å². The average Bonchev–Trinajstić information content (AvgIpc) is 2.47. The molecule has 1 fully saturated rings. The highest BCUT2D eigenvalue weighted by Gasteiger charge is 2.17. The fraction of sp³-hybridized carbons (Fsp3) is 0.571. The summed E-state index contributed by atoms with van der Waals surface area (Å²) >= 11 is 0. The van der Waals surface area contributed by atoms with Gasteiger partial charge in [-0.25, -0.2) is 0 Å². The second-order valence-corrected chi connectivity index (χ2v) is 4.58. The molecule has 1 atom stereocenters. The first-order valence-corrected chi connectivity index (χ1v) is 6.51. The highest BCUT2D eigenvalue weighted by atomic mass is 16.5. The molecular formula is C14H22N2O3. The Bertz CT molecular complexity index is 417. The van der Waals surface area contributed by atoms with E-state index in [9.17, 15) is 0 Å². The molecule has 0 amide bonds. The minimum Gasteiger partial charge on any atom is -0.496 e. The zero-order valence-electron chi connectivity index (χ0n) is 11.8. The Morgan fingerprint density at radius 1 is 1.00 bits per heavy atom. The molecule has 1 aromatic rings. The zero-order chi connectivity index (χ0) is 13.7. The summed E-state index contributed by atoms with van der Waals surface area (Å²) in [6, 6.07) is 4.29. The van der Waals surface area contributed by atoms with Gasteiger partial charge in [0.25, 0.3) is 0 Å². The summed E-state index contributed by atoms with van der Waals surface area (Å²) in [5.74, 6) is 2.27. The average molecular weight is 266 g/mol. The molecule has 1 aromatic carbocycles. The Kier molecular flexibility index (Phi) is 4.87. The van der Waals surface area contributed by atoms with Crippen LogP contribution in [0.15, 0.2) is 12.1 Å². The van der Waals surface area contributed by atoms with Gasteiger partial charge in [0, 0.05) is 31.7 Å². The lowest BCUT2D eigenvalue weighted by molar-refractivity contribution is 0.345. The summed E-state index contributed by atoms with van der Waals surface area (Å²) in [7, 11) is 4.95. The summed E-state index contributed by atoms with van der Waals surface area (Å²) < 4.78 is 16.1. The number of hydrogen-bond acceptors (Lipinski definition) is 5. The van der Waals surface area contributed by atoms with Crippen molar-refractivity contribution in [3.8, 4) is 17.2 Å². The molecule has 19 heavy (non-hydrogen) atoms. The Hall–Kier alpha value is -1.46. The zero-order valence-corrected chi connectivity index (χ0v) is 11.8. The summed E-state index contributed by atoms with van der Waals surface area (Å²) in [5.41, 5.74) is 1.13. The van der Waals surface area contributed by atoms with Crippen molar-refractivity contribution in [2.24, 2.45) is 0 Å². The standard InChI is InChI=1S/C14H22N2O3/c1-17-12-8-14(19-3)13(18-2)7-10(12)6-11-9-15-4-5-16-11/h7-8,11,15-16H,4-6,9H2,1-3H3. The number of piperazine rings is 1. The van der Waals surface area contributed by atoms with Gasteiger partial charge in [-0.15, -0.1) is 0 Å². The third kappa shape index (κ3) is 3.30. The molecule has 5 heteroatoms. The fourth-order valence-corrected chi connectivity index (χ4v) is 2.37. The van der Waals surface area contributed by atoms with Crippen molar-refractivity contribution in [3.05, 3.63) is 17.7 Å². The maximum atomic E-state index is 5.45. The lowest BCUT2D eigenvalue weighted by Gasteiger charge is -2.25. The normalized spacial score (nSPS) is 19.0. The third-order valence-electron chi connectivity index (χ3n) is 3.38. The van der Waals surface area contributed by atoms with Gasteiger partial charge in [-0.2, -0.15) is 0 Å². The predicted octanol–water partition coefficient (Wildman–Crippen LogP) is 0.816. The Balaban J connectivity index is 2.21. The lowest BCUT2D eigenvalue weighted by Crippen LogP contribution is -2.49. The van der Waals surface area contributed by atoms with E-state index in [2.05, 4.69) is 10.6 Å². The van der Waals surface area contributed by atoms with Crippen LogP contribution in [0.25, 0.3) is 0 Å². The number of rotatable bonds is 5. The number of benzene rings is 1. The van der Waals surface area contributed by atoms with Gasteiger partial charge >= 0.3 is 0 Å². The minimum atomic E-state index is 0.417. The van der Waals surface area contributed by atoms with E-state index in [0.29, 0.717) is 11.8 Å². The molecule has 2 N–H and O–H groups in total. The number of ether oxygens (including phenoxy) is 3. The first-order valence-electron chi connectivity index (χ1n) is 6.51. The molecule has 2 rings (SSSR count). The molecule has 0 saturated carbocycles. The SMILES string of the molecule is COc1cc(OC)c(OC)cc1CC1CNCCN1. The molecule has 0 aliphatic carbocycles. The van der Waals surface area contributed by atoms with Gasteiger partial charge in [0.1, 0.15) is 5.75 Å². The van der Waals surface area contributed by atoms with Crippen LogP contribution in [0.1, 0.15) is 5.56 Å². The van der Waals surface area contributed by atoms with Crippen LogP contribution in [0.2, 0.25) is 0 Å². The molecule has 106 valence electrons. The molecule has 1 heterocycles. The van der Waals surface area contributed by atoms with Crippen molar-refractivity contribution in [3.63, 3.8) is 0 Å². The number of nitrogens with one attached hydrogen (secondary N) is 2. The molecule has 1 saturated heterocycles. The third-order valence-corrected chi connectivity index (χ3v) is 3.38. The van der Waals surface area contributed by atoms with Crippen LogP contribution in [-0.2, 0) is 6.42 Å². The maximum Gasteiger partial charge on any atom is 0.164 e. The van der Waals surface area contributed by atoms with Crippen LogP contribution in [-0.4, -0.2) is 47.0 Å². The number of methoxy groups -OCH3 is 3. The van der Waals surface area contributed by atoms with Crippen LogP contribution < -0.4 is 24.8 Å². The Morgan fingerprint density at radius 2 is 1.68 bits per heavy atom. The Labute approximate surface area is 114 Å². The first kappa shape index (κ1) is 14.0. The van der Waals surface area contributed by atoms with Crippen molar-refractivity contribution in [2.75, 3.05) is 41.0 Å². The molecule has 0 spiro atoms. The lowest BCUT2D eigenvalue weighted by atomic mass is 10.0. The van der Waals surface area contributed by atoms with Gasteiger partial charge in [-0.3, -0.25) is 0 Å². The van der Waals surface area contributed by atoms with E-state index in [1.807, 2.05) is 12.1 Å². The first-order chi connectivity index (χ1) is 9.28. The molecule has 0 radical (unpaired) electrons. The maximum absolute atomic E-state index is 5.45. The number of hydrogen-bond donors (Lipinski definition) is 2. The van der Waals surface area contributed by atoms with Crippen molar-refractivity contribution in [1.29, 1.82) is 0 Å². The quantitative estimate of drug-likeness (QED) is 0.826. The summed E-state index contributed by atoms with van der Waals surface area (Å²) in [6.45, 7) is 3.00. The van der Waals surface area contributed by atoms with Gasteiger partial charge in [0.05, 0.1) is 21.3 Å².